The van der Waals surface area contributed by atoms with E-state index in [4.69, 9.17) is 0 Å². The minimum absolute atomic E-state index is 0. The molecule has 9 heavy (non-hydrogen) atoms. The van der Waals surface area contributed by atoms with Gasteiger partial charge in [-0.25, -0.2) is 0 Å². The average Bonchev–Trinajstić information content (AvgIpc) is 2.12. The second-order valence-corrected chi connectivity index (χ2v) is 2.04. The fourth-order valence-electron chi connectivity index (χ4n) is 0.317. The van der Waals surface area contributed by atoms with E-state index in [1.54, 1.807) is 0 Å². The fourth-order valence-corrected chi connectivity index (χ4v) is 0.770. The van der Waals surface area contributed by atoms with Crippen LogP contribution in [0.15, 0.2) is 11.7 Å². The molecule has 1 rings (SSSR count). The van der Waals surface area contributed by atoms with Crippen LogP contribution in [-0.4, -0.2) is 11.0 Å². The van der Waals surface area contributed by atoms with E-state index in [-0.39, 0.29) is 23.7 Å². The fraction of sp³-hybridized carbons (Fsp3) is 0. The van der Waals surface area contributed by atoms with Crippen LogP contribution in [0, 0.1) is 0 Å². The van der Waals surface area contributed by atoms with Crippen LogP contribution >= 0.6 is 11.3 Å². The zero-order chi connectivity index (χ0) is 5.98. The first-order chi connectivity index (χ1) is 3.80. The minimum Gasteiger partial charge on any atom is -0.544 e. The number of carbonyl (C=O) groups excluding carboxylic acids is 1. The molecule has 0 aromatic carbocycles. The minimum atomic E-state index is -1.16. The van der Waals surface area contributed by atoms with Crippen LogP contribution in [0.1, 0.15) is 9.67 Å². The topological polar surface area (TPSA) is 53.0 Å². The maximum absolute atomic E-state index is 9.92. The number of rotatable bonds is 1. The molecule has 0 spiro atoms. The van der Waals surface area contributed by atoms with Crippen LogP contribution in [0.3, 0.4) is 0 Å². The van der Waals surface area contributed by atoms with Crippen LogP contribution < -0.4 is 24.0 Å². The van der Waals surface area contributed by atoms with Crippen molar-refractivity contribution in [2.75, 3.05) is 0 Å². The van der Waals surface area contributed by atoms with Crippen LogP contribution in [0.5, 0.6) is 0 Å². The number of thiazole rings is 1. The summed E-state index contributed by atoms with van der Waals surface area (Å²) < 4.78 is 0. The summed E-state index contributed by atoms with van der Waals surface area (Å²) in [5.74, 6) is -1.16. The predicted molar refractivity (Wildman–Crippen MR) is 26.4 cm³/mol. The Morgan fingerprint density at radius 2 is 2.44 bits per heavy atom. The Bertz CT molecular complexity index is 186. The van der Waals surface area contributed by atoms with Gasteiger partial charge in [-0.2, -0.15) is 0 Å². The van der Waals surface area contributed by atoms with Crippen LogP contribution in [-0.2, 0) is 0 Å². The number of carboxylic acids is 1. The number of hydrogen-bond acceptors (Lipinski definition) is 4. The van der Waals surface area contributed by atoms with Gasteiger partial charge in [0, 0.05) is 6.20 Å². The van der Waals surface area contributed by atoms with Crippen molar-refractivity contribution >= 4 is 17.3 Å². The first-order valence-corrected chi connectivity index (χ1v) is 2.78. The van der Waals surface area contributed by atoms with Gasteiger partial charge >= 0.3 is 18.9 Å². The Labute approximate surface area is 67.9 Å². The summed E-state index contributed by atoms with van der Waals surface area (Å²) in [6.45, 7) is 0. The van der Waals surface area contributed by atoms with Gasteiger partial charge in [0.2, 0.25) is 0 Å². The van der Waals surface area contributed by atoms with Crippen molar-refractivity contribution in [1.29, 1.82) is 0 Å². The molecule has 0 amide bonds. The van der Waals surface area contributed by atoms with E-state index in [1.165, 1.54) is 11.7 Å². The first kappa shape index (κ1) is 8.70. The van der Waals surface area contributed by atoms with Crippen LogP contribution in [0.4, 0.5) is 0 Å². The first-order valence-electron chi connectivity index (χ1n) is 1.90. The normalized spacial score (nSPS) is 8.00. The molecular formula is C4H2LiNO2S. The van der Waals surface area contributed by atoms with E-state index < -0.39 is 5.97 Å². The van der Waals surface area contributed by atoms with E-state index in [1.807, 2.05) is 0 Å². The van der Waals surface area contributed by atoms with E-state index in [2.05, 4.69) is 4.98 Å². The summed E-state index contributed by atoms with van der Waals surface area (Å²) in [5, 5.41) is 9.92. The van der Waals surface area contributed by atoms with E-state index in [9.17, 15) is 9.90 Å². The molecule has 0 aliphatic heterocycles. The van der Waals surface area contributed by atoms with E-state index in [0.29, 0.717) is 0 Å². The summed E-state index contributed by atoms with van der Waals surface area (Å²) in [5.41, 5.74) is 1.45. The van der Waals surface area contributed by atoms with Crippen molar-refractivity contribution in [3.8, 4) is 0 Å². The summed E-state index contributed by atoms with van der Waals surface area (Å²) in [7, 11) is 0. The van der Waals surface area contributed by atoms with Crippen LogP contribution in [0.2, 0.25) is 0 Å². The van der Waals surface area contributed by atoms with Gasteiger partial charge in [-0.05, 0) is 0 Å². The molecule has 0 radical (unpaired) electrons. The number of nitrogens with zero attached hydrogens (tertiary/aromatic N) is 1. The third-order valence-electron chi connectivity index (χ3n) is 0.634. The van der Waals surface area contributed by atoms with Gasteiger partial charge in [-0.1, -0.05) is 0 Å². The molecule has 42 valence electrons. The second-order valence-electron chi connectivity index (χ2n) is 1.15. The van der Waals surface area contributed by atoms with Gasteiger partial charge in [0.05, 0.1) is 16.4 Å². The molecule has 0 bridgehead atoms. The predicted octanol–water partition coefficient (Wildman–Crippen LogP) is -3.49. The molecule has 0 unspecified atom stereocenters. The number of aromatic nitrogens is 1. The molecule has 1 aromatic heterocycles. The van der Waals surface area contributed by atoms with Gasteiger partial charge < -0.3 is 9.90 Å². The van der Waals surface area contributed by atoms with Crippen molar-refractivity contribution in [2.24, 2.45) is 0 Å². The summed E-state index contributed by atoms with van der Waals surface area (Å²) in [6, 6.07) is 0. The molecule has 0 N–H and O–H groups in total. The zero-order valence-electron chi connectivity index (χ0n) is 4.83. The summed E-state index contributed by atoms with van der Waals surface area (Å²) >= 11 is 1.06. The summed E-state index contributed by atoms with van der Waals surface area (Å²) in [6.07, 6.45) is 1.26. The third kappa shape index (κ3) is 2.18. The average molecular weight is 135 g/mol. The number of carbonyl (C=O) groups is 1. The molecule has 0 saturated heterocycles. The largest absolute Gasteiger partial charge is 1.00 e. The Hall–Kier alpha value is -0.303. The monoisotopic (exact) mass is 135 g/mol. The molecule has 0 aliphatic rings. The molecule has 0 saturated carbocycles. The maximum atomic E-state index is 9.92. The number of hydrogen-bond donors (Lipinski definition) is 0. The standard InChI is InChI=1S/C4H3NO2S.Li/c6-4(7)3-1-5-2-8-3;/h1-2H,(H,6,7);/q;+1/p-1. The second kappa shape index (κ2) is 3.67. The van der Waals surface area contributed by atoms with Crippen molar-refractivity contribution in [1.82, 2.24) is 4.98 Å². The smallest absolute Gasteiger partial charge is 0.544 e. The quantitative estimate of drug-likeness (QED) is 0.375. The molecule has 0 fully saturated rings. The molecule has 1 aromatic rings. The molecule has 0 atom stereocenters. The van der Waals surface area contributed by atoms with E-state index >= 15 is 0 Å². The van der Waals surface area contributed by atoms with Crippen LogP contribution in [0.25, 0.3) is 0 Å². The SMILES string of the molecule is O=C([O-])c1cncs1.[Li+]. The van der Waals surface area contributed by atoms with Crippen molar-refractivity contribution in [3.63, 3.8) is 0 Å². The summed E-state index contributed by atoms with van der Waals surface area (Å²) in [4.78, 5) is 13.6. The van der Waals surface area contributed by atoms with Crippen molar-refractivity contribution in [3.05, 3.63) is 16.6 Å². The zero-order valence-corrected chi connectivity index (χ0v) is 5.64. The Balaban J connectivity index is 0.000000640. The van der Waals surface area contributed by atoms with Crippen molar-refractivity contribution < 1.29 is 28.8 Å². The molecular weight excluding hydrogens is 133 g/mol. The number of aromatic carboxylic acids is 1. The van der Waals surface area contributed by atoms with E-state index in [0.717, 1.165) is 11.3 Å². The van der Waals surface area contributed by atoms with Crippen molar-refractivity contribution in [2.45, 2.75) is 0 Å². The van der Waals surface area contributed by atoms with Gasteiger partial charge in [0.1, 0.15) is 0 Å². The molecule has 5 heteroatoms. The Kier molecular flexibility index (Phi) is 3.55. The molecule has 1 heterocycles. The third-order valence-corrected chi connectivity index (χ3v) is 1.39. The van der Waals surface area contributed by atoms with Gasteiger partial charge in [0.15, 0.2) is 0 Å². The maximum Gasteiger partial charge on any atom is 1.00 e. The molecule has 0 aliphatic carbocycles. The van der Waals surface area contributed by atoms with Gasteiger partial charge in [0.25, 0.3) is 0 Å². The number of carboxylic acid groups (broad SMARTS) is 1. The van der Waals surface area contributed by atoms with Gasteiger partial charge in [-0.15, -0.1) is 11.3 Å². The Morgan fingerprint density at radius 3 is 2.67 bits per heavy atom. The van der Waals surface area contributed by atoms with Gasteiger partial charge in [-0.3, -0.25) is 4.98 Å². The Morgan fingerprint density at radius 1 is 1.78 bits per heavy atom. The molecule has 3 nitrogen and oxygen atoms in total.